The van der Waals surface area contributed by atoms with Gasteiger partial charge in [0.2, 0.25) is 0 Å². The summed E-state index contributed by atoms with van der Waals surface area (Å²) in [6.45, 7) is 1.09. The highest BCUT2D eigenvalue weighted by Crippen LogP contribution is 2.39. The molecule has 4 rings (SSSR count). The number of benzene rings is 2. The normalized spacial score (nSPS) is 18.2. The Morgan fingerprint density at radius 1 is 1.16 bits per heavy atom. The molecule has 3 aromatic rings. The standard InChI is InChI=1S/C24H25Cl2N3O2/c1-29(2)13-14-7-18(8-14)28-23-16(5-6-30)12-27-22-4-3-15(9-19(22)23)17-10-20(25)24(31)21(26)11-17/h3-4,6,9-12,14,18,31H,5,7-8,13H2,1-2H3,(H,27,28). The van der Waals surface area contributed by atoms with Crippen molar-refractivity contribution in [2.24, 2.45) is 5.92 Å². The molecule has 0 saturated heterocycles. The van der Waals surface area contributed by atoms with E-state index >= 15 is 0 Å². The Morgan fingerprint density at radius 2 is 1.87 bits per heavy atom. The molecule has 1 heterocycles. The van der Waals surface area contributed by atoms with Crippen molar-refractivity contribution in [3.8, 4) is 16.9 Å². The fraction of sp³-hybridized carbons (Fsp3) is 0.333. The molecule has 0 atom stereocenters. The lowest BCUT2D eigenvalue weighted by atomic mass is 9.79. The first-order chi connectivity index (χ1) is 14.9. The van der Waals surface area contributed by atoms with Crippen molar-refractivity contribution in [2.45, 2.75) is 25.3 Å². The molecule has 7 heteroatoms. The highest BCUT2D eigenvalue weighted by molar-refractivity contribution is 6.37. The Labute approximate surface area is 192 Å². The molecule has 1 aromatic heterocycles. The molecule has 1 fully saturated rings. The van der Waals surface area contributed by atoms with Crippen LogP contribution in [0.3, 0.4) is 0 Å². The summed E-state index contributed by atoms with van der Waals surface area (Å²) in [5.74, 6) is 0.564. The molecule has 1 aliphatic rings. The van der Waals surface area contributed by atoms with Crippen LogP contribution in [-0.2, 0) is 11.2 Å². The van der Waals surface area contributed by atoms with Crippen LogP contribution in [0.5, 0.6) is 5.75 Å². The lowest BCUT2D eigenvalue weighted by Crippen LogP contribution is -2.40. The zero-order valence-electron chi connectivity index (χ0n) is 17.5. The lowest BCUT2D eigenvalue weighted by molar-refractivity contribution is -0.107. The summed E-state index contributed by atoms with van der Waals surface area (Å²) >= 11 is 12.3. The minimum Gasteiger partial charge on any atom is -0.505 e. The first kappa shape index (κ1) is 21.9. The topological polar surface area (TPSA) is 65.5 Å². The van der Waals surface area contributed by atoms with E-state index in [0.29, 0.717) is 18.4 Å². The molecule has 0 radical (unpaired) electrons. The number of nitrogens with one attached hydrogen (secondary N) is 1. The van der Waals surface area contributed by atoms with E-state index in [1.165, 1.54) is 0 Å². The number of fused-ring (bicyclic) bond motifs is 1. The molecule has 2 aromatic carbocycles. The van der Waals surface area contributed by atoms with Crippen LogP contribution in [0.15, 0.2) is 36.5 Å². The maximum Gasteiger partial charge on any atom is 0.152 e. The SMILES string of the molecule is CN(C)CC1CC(Nc2c(CC=O)cnc3ccc(-c4cc(Cl)c(O)c(Cl)c4)cc23)C1. The Hall–Kier alpha value is -2.34. The second kappa shape index (κ2) is 9.03. The first-order valence-electron chi connectivity index (χ1n) is 10.3. The third kappa shape index (κ3) is 4.64. The molecule has 0 aliphatic heterocycles. The molecule has 0 unspecified atom stereocenters. The minimum atomic E-state index is -0.123. The second-order valence-electron chi connectivity index (χ2n) is 8.49. The van der Waals surface area contributed by atoms with Crippen molar-refractivity contribution in [1.29, 1.82) is 0 Å². The quantitative estimate of drug-likeness (QED) is 0.464. The average Bonchev–Trinajstić information content (AvgIpc) is 2.70. The van der Waals surface area contributed by atoms with Gasteiger partial charge in [-0.15, -0.1) is 0 Å². The van der Waals surface area contributed by atoms with Crippen LogP contribution in [0.1, 0.15) is 18.4 Å². The van der Waals surface area contributed by atoms with Gasteiger partial charge >= 0.3 is 0 Å². The Morgan fingerprint density at radius 3 is 2.52 bits per heavy atom. The van der Waals surface area contributed by atoms with Gasteiger partial charge in [0, 0.05) is 41.8 Å². The van der Waals surface area contributed by atoms with Gasteiger partial charge in [-0.25, -0.2) is 0 Å². The smallest absolute Gasteiger partial charge is 0.152 e. The number of aromatic hydroxyl groups is 1. The Balaban J connectivity index is 1.72. The molecule has 5 nitrogen and oxygen atoms in total. The molecular formula is C24H25Cl2N3O2. The molecular weight excluding hydrogens is 433 g/mol. The van der Waals surface area contributed by atoms with E-state index < -0.39 is 0 Å². The van der Waals surface area contributed by atoms with Gasteiger partial charge in [0.25, 0.3) is 0 Å². The second-order valence-corrected chi connectivity index (χ2v) is 9.30. The fourth-order valence-corrected chi connectivity index (χ4v) is 4.77. The van der Waals surface area contributed by atoms with Gasteiger partial charge < -0.3 is 20.1 Å². The number of nitrogens with zero attached hydrogens (tertiary/aromatic N) is 2. The van der Waals surface area contributed by atoms with E-state index in [1.54, 1.807) is 18.3 Å². The number of aromatic nitrogens is 1. The average molecular weight is 458 g/mol. The van der Waals surface area contributed by atoms with Gasteiger partial charge in [0.05, 0.1) is 15.6 Å². The zero-order valence-corrected chi connectivity index (χ0v) is 19.0. The van der Waals surface area contributed by atoms with Crippen molar-refractivity contribution >= 4 is 46.1 Å². The molecule has 0 spiro atoms. The number of anilines is 1. The van der Waals surface area contributed by atoms with Gasteiger partial charge in [0.15, 0.2) is 5.75 Å². The van der Waals surface area contributed by atoms with Crippen LogP contribution in [0, 0.1) is 5.92 Å². The summed E-state index contributed by atoms with van der Waals surface area (Å²) < 4.78 is 0. The molecule has 0 amide bonds. The maximum absolute atomic E-state index is 11.3. The minimum absolute atomic E-state index is 0.123. The predicted octanol–water partition coefficient (Wildman–Crippen LogP) is 5.41. The number of phenols is 1. The summed E-state index contributed by atoms with van der Waals surface area (Å²) in [5.41, 5.74) is 4.40. The van der Waals surface area contributed by atoms with Crippen LogP contribution in [0.2, 0.25) is 10.0 Å². The van der Waals surface area contributed by atoms with Crippen molar-refractivity contribution < 1.29 is 9.90 Å². The van der Waals surface area contributed by atoms with E-state index in [4.69, 9.17) is 23.2 Å². The summed E-state index contributed by atoms with van der Waals surface area (Å²) in [4.78, 5) is 18.1. The van der Waals surface area contributed by atoms with E-state index in [9.17, 15) is 9.90 Å². The molecule has 1 aliphatic carbocycles. The number of rotatable bonds is 7. The van der Waals surface area contributed by atoms with Crippen molar-refractivity contribution in [3.63, 3.8) is 0 Å². The number of hydrogen-bond acceptors (Lipinski definition) is 5. The van der Waals surface area contributed by atoms with Crippen molar-refractivity contribution in [3.05, 3.63) is 52.1 Å². The monoisotopic (exact) mass is 457 g/mol. The molecule has 162 valence electrons. The Kier molecular flexibility index (Phi) is 6.37. The molecule has 1 saturated carbocycles. The molecule has 0 bridgehead atoms. The maximum atomic E-state index is 11.3. The number of carbonyl (C=O) groups excluding carboxylic acids is 1. The van der Waals surface area contributed by atoms with E-state index in [1.807, 2.05) is 18.2 Å². The number of phenolic OH excluding ortho intramolecular Hbond substituents is 1. The van der Waals surface area contributed by atoms with E-state index in [0.717, 1.165) is 59.0 Å². The number of hydrogen-bond donors (Lipinski definition) is 2. The van der Waals surface area contributed by atoms with Crippen LogP contribution in [0.25, 0.3) is 22.0 Å². The molecule has 31 heavy (non-hydrogen) atoms. The number of carbonyl (C=O) groups is 1. The van der Waals surface area contributed by atoms with Crippen LogP contribution in [0.4, 0.5) is 5.69 Å². The third-order valence-corrected chi connectivity index (χ3v) is 6.38. The highest BCUT2D eigenvalue weighted by Gasteiger charge is 2.30. The van der Waals surface area contributed by atoms with Crippen molar-refractivity contribution in [1.82, 2.24) is 9.88 Å². The van der Waals surface area contributed by atoms with Gasteiger partial charge in [0.1, 0.15) is 6.29 Å². The predicted molar refractivity (Wildman–Crippen MR) is 127 cm³/mol. The first-order valence-corrected chi connectivity index (χ1v) is 11.1. The summed E-state index contributed by atoms with van der Waals surface area (Å²) in [7, 11) is 4.20. The summed E-state index contributed by atoms with van der Waals surface area (Å²) in [6, 6.07) is 9.70. The van der Waals surface area contributed by atoms with Gasteiger partial charge in [-0.2, -0.15) is 0 Å². The Bertz CT molecular complexity index is 1100. The van der Waals surface area contributed by atoms with Crippen molar-refractivity contribution in [2.75, 3.05) is 26.0 Å². The van der Waals surface area contributed by atoms with Gasteiger partial charge in [-0.05, 0) is 68.2 Å². The van der Waals surface area contributed by atoms with Gasteiger partial charge in [-0.3, -0.25) is 4.98 Å². The number of halogens is 2. The van der Waals surface area contributed by atoms with Crippen LogP contribution >= 0.6 is 23.2 Å². The summed E-state index contributed by atoms with van der Waals surface area (Å²) in [5, 5.41) is 14.9. The van der Waals surface area contributed by atoms with Crippen LogP contribution < -0.4 is 5.32 Å². The van der Waals surface area contributed by atoms with E-state index in [2.05, 4.69) is 29.3 Å². The zero-order chi connectivity index (χ0) is 22.1. The molecule has 2 N–H and O–H groups in total. The van der Waals surface area contributed by atoms with Gasteiger partial charge in [-0.1, -0.05) is 29.3 Å². The lowest BCUT2D eigenvalue weighted by Gasteiger charge is -2.38. The van der Waals surface area contributed by atoms with Crippen LogP contribution in [-0.4, -0.2) is 48.0 Å². The largest absolute Gasteiger partial charge is 0.505 e. The summed E-state index contributed by atoms with van der Waals surface area (Å²) in [6.07, 6.45) is 5.20. The highest BCUT2D eigenvalue weighted by atomic mass is 35.5. The number of pyridine rings is 1. The fourth-order valence-electron chi connectivity index (χ4n) is 4.28. The van der Waals surface area contributed by atoms with E-state index in [-0.39, 0.29) is 15.8 Å². The number of aldehydes is 1. The third-order valence-electron chi connectivity index (χ3n) is 5.81.